The molecule has 0 N–H and O–H groups in total. The summed E-state index contributed by atoms with van der Waals surface area (Å²) < 4.78 is 10.8. The molecule has 2 aromatic heterocycles. The highest BCUT2D eigenvalue weighted by Gasteiger charge is 2.40. The number of para-hydroxylation sites is 1. The maximum Gasteiger partial charge on any atom is 0.268 e. The lowest BCUT2D eigenvalue weighted by Crippen LogP contribution is -2.31. The Hall–Kier alpha value is -3.32. The summed E-state index contributed by atoms with van der Waals surface area (Å²) in [5.74, 6) is 1.08. The van der Waals surface area contributed by atoms with Crippen molar-refractivity contribution in [3.63, 3.8) is 0 Å². The van der Waals surface area contributed by atoms with E-state index in [1.807, 2.05) is 18.2 Å². The standard InChI is InChI=1S/C22H18N2O4S/c1-27-18-7-3-2-6-17(18)19-20(29-14-16-5-4-12-28-16)22(26)24(21(19)25)13-15-8-10-23-11-9-15/h2-12H,13-14H2,1H3. The van der Waals surface area contributed by atoms with Crippen LogP contribution in [-0.2, 0) is 21.9 Å². The number of methoxy groups -OCH3 is 1. The van der Waals surface area contributed by atoms with Gasteiger partial charge in [0.05, 0.1) is 36.1 Å². The summed E-state index contributed by atoms with van der Waals surface area (Å²) in [5.41, 5.74) is 1.80. The molecule has 2 amide bonds. The molecule has 0 bridgehead atoms. The maximum absolute atomic E-state index is 13.3. The topological polar surface area (TPSA) is 72.6 Å². The Bertz CT molecular complexity index is 1060. The van der Waals surface area contributed by atoms with Crippen LogP contribution in [0.4, 0.5) is 0 Å². The summed E-state index contributed by atoms with van der Waals surface area (Å²) in [4.78, 5) is 32.1. The molecule has 4 rings (SSSR count). The Kier molecular flexibility index (Phi) is 5.48. The van der Waals surface area contributed by atoms with Crippen LogP contribution in [-0.4, -0.2) is 28.8 Å². The van der Waals surface area contributed by atoms with Crippen molar-refractivity contribution in [3.8, 4) is 5.75 Å². The summed E-state index contributed by atoms with van der Waals surface area (Å²) in [6.45, 7) is 0.184. The quantitative estimate of drug-likeness (QED) is 0.554. The zero-order valence-electron chi connectivity index (χ0n) is 15.7. The van der Waals surface area contributed by atoms with Gasteiger partial charge in [-0.3, -0.25) is 19.5 Å². The normalized spacial score (nSPS) is 14.0. The number of ether oxygens (including phenoxy) is 1. The summed E-state index contributed by atoms with van der Waals surface area (Å²) >= 11 is 1.30. The number of carbonyl (C=O) groups is 2. The molecular formula is C22H18N2O4S. The molecule has 0 saturated carbocycles. The van der Waals surface area contributed by atoms with Crippen molar-refractivity contribution >= 4 is 29.1 Å². The smallest absolute Gasteiger partial charge is 0.268 e. The van der Waals surface area contributed by atoms with Crippen molar-refractivity contribution < 1.29 is 18.7 Å². The van der Waals surface area contributed by atoms with E-state index in [1.54, 1.807) is 56.1 Å². The van der Waals surface area contributed by atoms with Gasteiger partial charge in [0.1, 0.15) is 11.5 Å². The summed E-state index contributed by atoms with van der Waals surface area (Å²) in [6, 6.07) is 14.4. The molecule has 3 aromatic rings. The van der Waals surface area contributed by atoms with E-state index in [4.69, 9.17) is 9.15 Å². The zero-order chi connectivity index (χ0) is 20.2. The monoisotopic (exact) mass is 406 g/mol. The second-order valence-electron chi connectivity index (χ2n) is 6.32. The molecule has 0 unspecified atom stereocenters. The molecule has 7 heteroatoms. The lowest BCUT2D eigenvalue weighted by atomic mass is 10.0. The van der Waals surface area contributed by atoms with Crippen molar-refractivity contribution in [2.75, 3.05) is 7.11 Å². The number of furan rings is 1. The van der Waals surface area contributed by atoms with Gasteiger partial charge in [-0.1, -0.05) is 18.2 Å². The molecule has 29 heavy (non-hydrogen) atoms. The molecule has 0 saturated heterocycles. The zero-order valence-corrected chi connectivity index (χ0v) is 16.5. The number of aromatic nitrogens is 1. The number of rotatable bonds is 7. The number of thioether (sulfide) groups is 1. The Labute approximate surface area is 172 Å². The minimum atomic E-state index is -0.335. The lowest BCUT2D eigenvalue weighted by molar-refractivity contribution is -0.137. The first-order chi connectivity index (χ1) is 14.2. The van der Waals surface area contributed by atoms with Crippen LogP contribution in [0.5, 0.6) is 5.75 Å². The Morgan fingerprint density at radius 2 is 1.83 bits per heavy atom. The van der Waals surface area contributed by atoms with E-state index in [0.717, 1.165) is 11.3 Å². The number of hydrogen-bond acceptors (Lipinski definition) is 6. The number of amides is 2. The van der Waals surface area contributed by atoms with E-state index in [2.05, 4.69) is 4.98 Å². The lowest BCUT2D eigenvalue weighted by Gasteiger charge is -2.15. The summed E-state index contributed by atoms with van der Waals surface area (Å²) in [7, 11) is 1.55. The minimum absolute atomic E-state index is 0.184. The van der Waals surface area contributed by atoms with E-state index < -0.39 is 0 Å². The fourth-order valence-corrected chi connectivity index (χ4v) is 4.15. The fraction of sp³-hybridized carbons (Fsp3) is 0.136. The van der Waals surface area contributed by atoms with Crippen molar-refractivity contribution in [2.45, 2.75) is 12.3 Å². The van der Waals surface area contributed by atoms with Crippen molar-refractivity contribution in [1.29, 1.82) is 0 Å². The number of hydrogen-bond donors (Lipinski definition) is 0. The highest BCUT2D eigenvalue weighted by molar-refractivity contribution is 8.03. The number of benzene rings is 1. The molecule has 0 spiro atoms. The average molecular weight is 406 g/mol. The molecule has 6 nitrogen and oxygen atoms in total. The number of pyridine rings is 1. The van der Waals surface area contributed by atoms with E-state index in [1.165, 1.54) is 16.7 Å². The SMILES string of the molecule is COc1ccccc1C1=C(SCc2ccco2)C(=O)N(Cc2ccncc2)C1=O. The molecule has 1 aromatic carbocycles. The first kappa shape index (κ1) is 19.0. The average Bonchev–Trinajstić information content (AvgIpc) is 3.35. The van der Waals surface area contributed by atoms with E-state index in [0.29, 0.717) is 27.5 Å². The van der Waals surface area contributed by atoms with Gasteiger partial charge in [0.15, 0.2) is 0 Å². The van der Waals surface area contributed by atoms with Crippen LogP contribution in [0.25, 0.3) is 5.57 Å². The van der Waals surface area contributed by atoms with Crippen molar-refractivity contribution in [3.05, 3.63) is 89.0 Å². The largest absolute Gasteiger partial charge is 0.496 e. The second-order valence-corrected chi connectivity index (χ2v) is 7.31. The third-order valence-electron chi connectivity index (χ3n) is 4.53. The molecule has 0 aliphatic carbocycles. The van der Waals surface area contributed by atoms with Crippen LogP contribution in [0.1, 0.15) is 16.9 Å². The molecule has 0 fully saturated rings. The number of imide groups is 1. The van der Waals surface area contributed by atoms with Crippen LogP contribution >= 0.6 is 11.8 Å². The molecular weight excluding hydrogens is 388 g/mol. The van der Waals surface area contributed by atoms with Gasteiger partial charge in [-0.25, -0.2) is 0 Å². The first-order valence-corrected chi connectivity index (χ1v) is 9.95. The first-order valence-electron chi connectivity index (χ1n) is 8.97. The van der Waals surface area contributed by atoms with Gasteiger partial charge in [0.25, 0.3) is 11.8 Å². The van der Waals surface area contributed by atoms with Crippen molar-refractivity contribution in [2.24, 2.45) is 0 Å². The van der Waals surface area contributed by atoms with Gasteiger partial charge in [-0.2, -0.15) is 0 Å². The number of nitrogens with zero attached hydrogens (tertiary/aromatic N) is 2. The van der Waals surface area contributed by atoms with Crippen LogP contribution in [0, 0.1) is 0 Å². The molecule has 1 aliphatic heterocycles. The van der Waals surface area contributed by atoms with Crippen LogP contribution in [0.15, 0.2) is 76.5 Å². The third kappa shape index (κ3) is 3.82. The molecule has 0 radical (unpaired) electrons. The van der Waals surface area contributed by atoms with Crippen LogP contribution in [0.3, 0.4) is 0 Å². The molecule has 3 heterocycles. The van der Waals surface area contributed by atoms with Crippen LogP contribution < -0.4 is 4.74 Å². The highest BCUT2D eigenvalue weighted by Crippen LogP contribution is 2.40. The predicted molar refractivity (Wildman–Crippen MR) is 110 cm³/mol. The Morgan fingerprint density at radius 3 is 2.55 bits per heavy atom. The van der Waals surface area contributed by atoms with Gasteiger partial charge in [0.2, 0.25) is 0 Å². The fourth-order valence-electron chi connectivity index (χ4n) is 3.13. The molecule has 1 aliphatic rings. The second kappa shape index (κ2) is 8.36. The highest BCUT2D eigenvalue weighted by atomic mass is 32.2. The van der Waals surface area contributed by atoms with Crippen LogP contribution in [0.2, 0.25) is 0 Å². The molecule has 146 valence electrons. The maximum atomic E-state index is 13.3. The van der Waals surface area contributed by atoms with E-state index in [9.17, 15) is 9.59 Å². The van der Waals surface area contributed by atoms with Gasteiger partial charge in [-0.15, -0.1) is 11.8 Å². The summed E-state index contributed by atoms with van der Waals surface area (Å²) in [6.07, 6.45) is 4.87. The number of carbonyl (C=O) groups excluding carboxylic acids is 2. The van der Waals surface area contributed by atoms with Gasteiger partial charge in [0, 0.05) is 18.0 Å². The Morgan fingerprint density at radius 1 is 1.03 bits per heavy atom. The minimum Gasteiger partial charge on any atom is -0.496 e. The predicted octanol–water partition coefficient (Wildman–Crippen LogP) is 3.90. The molecule has 0 atom stereocenters. The third-order valence-corrected chi connectivity index (χ3v) is 5.63. The van der Waals surface area contributed by atoms with E-state index in [-0.39, 0.29) is 18.4 Å². The Balaban J connectivity index is 1.72. The van der Waals surface area contributed by atoms with Gasteiger partial charge < -0.3 is 9.15 Å². The van der Waals surface area contributed by atoms with Gasteiger partial charge >= 0.3 is 0 Å². The summed E-state index contributed by atoms with van der Waals surface area (Å²) in [5, 5.41) is 0. The van der Waals surface area contributed by atoms with Crippen molar-refractivity contribution in [1.82, 2.24) is 9.88 Å². The van der Waals surface area contributed by atoms with E-state index >= 15 is 0 Å². The van der Waals surface area contributed by atoms with Gasteiger partial charge in [-0.05, 0) is 35.9 Å².